The second-order valence-electron chi connectivity index (χ2n) is 7.38. The van der Waals surface area contributed by atoms with Crippen molar-refractivity contribution in [3.63, 3.8) is 0 Å². The van der Waals surface area contributed by atoms with Crippen molar-refractivity contribution in [2.75, 3.05) is 24.5 Å². The number of aromatic nitrogens is 5. The Morgan fingerprint density at radius 1 is 1.27 bits per heavy atom. The molecule has 0 atom stereocenters. The molecular weight excluding hydrogens is 330 g/mol. The topological polar surface area (TPSA) is 91.2 Å². The monoisotopic (exact) mass is 351 g/mol. The summed E-state index contributed by atoms with van der Waals surface area (Å²) in [5.41, 5.74) is 4.60. The summed E-state index contributed by atoms with van der Waals surface area (Å²) in [4.78, 5) is 26.1. The fourth-order valence-corrected chi connectivity index (χ4v) is 3.93. The Labute approximate surface area is 150 Å². The molecule has 4 heterocycles. The van der Waals surface area contributed by atoms with Crippen molar-refractivity contribution in [1.82, 2.24) is 29.9 Å². The van der Waals surface area contributed by atoms with Crippen LogP contribution < -0.4 is 15.8 Å². The summed E-state index contributed by atoms with van der Waals surface area (Å²) in [5, 5.41) is 8.41. The van der Waals surface area contributed by atoms with Gasteiger partial charge in [0.1, 0.15) is 0 Å². The maximum atomic E-state index is 11.9. The van der Waals surface area contributed by atoms with Crippen molar-refractivity contribution < 1.29 is 0 Å². The van der Waals surface area contributed by atoms with Gasteiger partial charge in [0, 0.05) is 43.0 Å². The van der Waals surface area contributed by atoms with Crippen molar-refractivity contribution >= 4 is 11.3 Å². The quantitative estimate of drug-likeness (QED) is 0.717. The molecule has 8 heteroatoms. The van der Waals surface area contributed by atoms with Gasteiger partial charge < -0.3 is 15.2 Å². The van der Waals surface area contributed by atoms with Gasteiger partial charge in [0.25, 0.3) is 5.56 Å². The molecule has 5 rings (SSSR count). The Morgan fingerprint density at radius 2 is 2.12 bits per heavy atom. The first-order valence-electron chi connectivity index (χ1n) is 8.97. The van der Waals surface area contributed by atoms with Gasteiger partial charge in [-0.1, -0.05) is 0 Å². The number of anilines is 1. The number of aryl methyl sites for hydroxylation is 2. The number of piperazine rings is 1. The first-order valence-corrected chi connectivity index (χ1v) is 8.97. The maximum absolute atomic E-state index is 11.9. The largest absolute Gasteiger partial charge is 0.366 e. The van der Waals surface area contributed by atoms with E-state index in [1.165, 1.54) is 25.1 Å². The second kappa shape index (κ2) is 5.38. The van der Waals surface area contributed by atoms with E-state index in [1.54, 1.807) is 4.52 Å². The number of nitrogens with one attached hydrogen (secondary N) is 2. The highest BCUT2D eigenvalue weighted by Crippen LogP contribution is 2.41. The normalized spacial score (nSPS) is 18.6. The Kier molecular flexibility index (Phi) is 3.21. The minimum atomic E-state index is -0.179. The fourth-order valence-electron chi connectivity index (χ4n) is 3.93. The minimum absolute atomic E-state index is 0.179. The van der Waals surface area contributed by atoms with Gasteiger partial charge in [-0.3, -0.25) is 4.79 Å². The molecule has 0 amide bonds. The average Bonchev–Trinajstić information content (AvgIpc) is 3.23. The van der Waals surface area contributed by atoms with E-state index in [-0.39, 0.29) is 11.1 Å². The van der Waals surface area contributed by atoms with Gasteiger partial charge in [0.05, 0.1) is 17.6 Å². The highest BCUT2D eigenvalue weighted by atomic mass is 16.1. The molecule has 8 nitrogen and oxygen atoms in total. The lowest BCUT2D eigenvalue weighted by Crippen LogP contribution is -2.53. The van der Waals surface area contributed by atoms with Gasteiger partial charge in [-0.05, 0) is 26.7 Å². The molecule has 1 aliphatic heterocycles. The molecule has 3 aromatic heterocycles. The van der Waals surface area contributed by atoms with Crippen LogP contribution in [-0.2, 0) is 0 Å². The van der Waals surface area contributed by atoms with E-state index in [9.17, 15) is 4.79 Å². The number of fused-ring (bicyclic) bond motifs is 1. The molecule has 2 aliphatic rings. The molecule has 0 radical (unpaired) electrons. The number of nitrogens with zero attached hydrogens (tertiary/aromatic N) is 5. The summed E-state index contributed by atoms with van der Waals surface area (Å²) in [6.45, 7) is 6.81. The third-order valence-corrected chi connectivity index (χ3v) is 5.37. The first-order chi connectivity index (χ1) is 12.5. The molecule has 1 saturated carbocycles. The van der Waals surface area contributed by atoms with Crippen molar-refractivity contribution in [3.8, 4) is 11.5 Å². The van der Waals surface area contributed by atoms with Gasteiger partial charge in [-0.15, -0.1) is 0 Å². The van der Waals surface area contributed by atoms with Gasteiger partial charge in [0.2, 0.25) is 0 Å². The van der Waals surface area contributed by atoms with Crippen LogP contribution in [0.3, 0.4) is 0 Å². The van der Waals surface area contributed by atoms with Crippen LogP contribution in [0.5, 0.6) is 0 Å². The lowest BCUT2D eigenvalue weighted by Gasteiger charge is -2.37. The highest BCUT2D eigenvalue weighted by molar-refractivity contribution is 5.78. The Hall–Kier alpha value is -2.74. The first kappa shape index (κ1) is 15.5. The molecule has 0 unspecified atom stereocenters. The third-order valence-electron chi connectivity index (χ3n) is 5.37. The molecule has 0 bridgehead atoms. The zero-order valence-corrected chi connectivity index (χ0v) is 14.9. The van der Waals surface area contributed by atoms with Crippen LogP contribution in [0, 0.1) is 13.8 Å². The van der Waals surface area contributed by atoms with Crippen molar-refractivity contribution in [1.29, 1.82) is 0 Å². The average molecular weight is 351 g/mol. The number of imidazole rings is 1. The van der Waals surface area contributed by atoms with Gasteiger partial charge in [-0.25, -0.2) is 14.5 Å². The molecule has 1 spiro atoms. The Morgan fingerprint density at radius 3 is 2.88 bits per heavy atom. The van der Waals surface area contributed by atoms with Gasteiger partial charge >= 0.3 is 0 Å². The van der Waals surface area contributed by atoms with E-state index < -0.39 is 0 Å². The van der Waals surface area contributed by atoms with Crippen LogP contribution >= 0.6 is 0 Å². The molecule has 26 heavy (non-hydrogen) atoms. The van der Waals surface area contributed by atoms with Crippen LogP contribution in [-0.4, -0.2) is 49.7 Å². The molecule has 1 aliphatic carbocycles. The molecule has 1 saturated heterocycles. The molecule has 0 aromatic carbocycles. The van der Waals surface area contributed by atoms with Gasteiger partial charge in [0.15, 0.2) is 17.2 Å². The highest BCUT2D eigenvalue weighted by Gasteiger charge is 2.46. The van der Waals surface area contributed by atoms with Crippen molar-refractivity contribution in [3.05, 3.63) is 40.1 Å². The standard InChI is InChI=1S/C18H21N7O/c1-11-9-25-17(21-11)12(2)15(24-8-7-20-18(10-24)4-5-18)14(23-25)16-19-6-3-13(26)22-16/h3,6,9,20H,4-5,7-8,10H2,1-2H3,(H,19,22,26). The lowest BCUT2D eigenvalue weighted by atomic mass is 10.1. The zero-order valence-electron chi connectivity index (χ0n) is 14.9. The van der Waals surface area contributed by atoms with E-state index in [0.29, 0.717) is 11.5 Å². The third kappa shape index (κ3) is 2.40. The number of H-pyrrole nitrogens is 1. The summed E-state index contributed by atoms with van der Waals surface area (Å²) in [7, 11) is 0. The van der Waals surface area contributed by atoms with Crippen LogP contribution in [0.15, 0.2) is 23.3 Å². The van der Waals surface area contributed by atoms with E-state index >= 15 is 0 Å². The Bertz CT molecular complexity index is 1060. The number of hydrogen-bond acceptors (Lipinski definition) is 6. The van der Waals surface area contributed by atoms with E-state index in [1.807, 2.05) is 13.1 Å². The van der Waals surface area contributed by atoms with E-state index in [0.717, 1.165) is 42.2 Å². The van der Waals surface area contributed by atoms with Crippen LogP contribution in [0.25, 0.3) is 17.2 Å². The van der Waals surface area contributed by atoms with E-state index in [2.05, 4.69) is 32.1 Å². The number of aromatic amines is 1. The smallest absolute Gasteiger partial charge is 0.251 e. The lowest BCUT2D eigenvalue weighted by molar-refractivity contribution is 0.442. The van der Waals surface area contributed by atoms with Crippen LogP contribution in [0.1, 0.15) is 24.1 Å². The predicted molar refractivity (Wildman–Crippen MR) is 98.5 cm³/mol. The molecule has 2 N–H and O–H groups in total. The SMILES string of the molecule is Cc1cn2nc(-c3nccc(=O)[nH]3)c(N3CCNC4(CC4)C3)c(C)c2n1. The number of rotatable bonds is 2. The molecule has 134 valence electrons. The summed E-state index contributed by atoms with van der Waals surface area (Å²) in [6.07, 6.45) is 5.84. The van der Waals surface area contributed by atoms with Crippen molar-refractivity contribution in [2.45, 2.75) is 32.2 Å². The molecule has 3 aromatic rings. The van der Waals surface area contributed by atoms with Gasteiger partial charge in [-0.2, -0.15) is 5.10 Å². The molecular formula is C18H21N7O. The Balaban J connectivity index is 1.74. The molecule has 2 fully saturated rings. The number of hydrogen-bond donors (Lipinski definition) is 2. The van der Waals surface area contributed by atoms with Crippen molar-refractivity contribution in [2.24, 2.45) is 0 Å². The summed E-state index contributed by atoms with van der Waals surface area (Å²) >= 11 is 0. The van der Waals surface area contributed by atoms with Crippen LogP contribution in [0.4, 0.5) is 5.69 Å². The predicted octanol–water partition coefficient (Wildman–Crippen LogP) is 1.04. The zero-order chi connectivity index (χ0) is 17.9. The second-order valence-corrected chi connectivity index (χ2v) is 7.38. The minimum Gasteiger partial charge on any atom is -0.366 e. The van der Waals surface area contributed by atoms with E-state index in [4.69, 9.17) is 5.10 Å². The van der Waals surface area contributed by atoms with Crippen LogP contribution in [0.2, 0.25) is 0 Å². The summed E-state index contributed by atoms with van der Waals surface area (Å²) in [5.74, 6) is 0.493. The fraction of sp³-hybridized carbons (Fsp3) is 0.444. The maximum Gasteiger partial charge on any atom is 0.251 e. The summed E-state index contributed by atoms with van der Waals surface area (Å²) < 4.78 is 1.78. The summed E-state index contributed by atoms with van der Waals surface area (Å²) in [6, 6.07) is 1.42.